The molecule has 3 fully saturated rings. The van der Waals surface area contributed by atoms with Crippen LogP contribution < -0.4 is 0 Å². The summed E-state index contributed by atoms with van der Waals surface area (Å²) in [7, 11) is 0. The Balaban J connectivity index is 1.65. The second-order valence-corrected chi connectivity index (χ2v) is 11.3. The number of aliphatic hydroxyl groups excluding tert-OH is 1. The Bertz CT molecular complexity index is 914. The summed E-state index contributed by atoms with van der Waals surface area (Å²) in [6, 6.07) is 0. The third kappa shape index (κ3) is 2.48. The SMILES string of the molecule is CCCC1OC2=C(O1)[C@@]1(C)C(=CC2=O)C(=O)C[C@H]2[C@@H]3CC[C@H](SC)[C@@]3(C)C[C@H](O)[C@@]21F. The van der Waals surface area contributed by atoms with Crippen molar-refractivity contribution in [3.05, 3.63) is 23.2 Å². The van der Waals surface area contributed by atoms with Crippen molar-refractivity contribution in [1.82, 2.24) is 0 Å². The Labute approximate surface area is 186 Å². The first-order valence-electron chi connectivity index (χ1n) is 11.4. The molecule has 0 radical (unpaired) electrons. The monoisotopic (exact) mass is 450 g/mol. The number of carbonyl (C=O) groups excluding carboxylic acids is 2. The van der Waals surface area contributed by atoms with E-state index in [0.29, 0.717) is 18.1 Å². The normalized spacial score (nSPS) is 48.3. The Morgan fingerprint density at radius 2 is 1.97 bits per heavy atom. The number of hydrogen-bond donors (Lipinski definition) is 1. The first-order chi connectivity index (χ1) is 14.6. The van der Waals surface area contributed by atoms with Crippen LogP contribution in [0.2, 0.25) is 0 Å². The van der Waals surface area contributed by atoms with Gasteiger partial charge in [0.05, 0.1) is 11.5 Å². The molecule has 170 valence electrons. The fourth-order valence-corrected chi connectivity index (χ4v) is 8.62. The van der Waals surface area contributed by atoms with E-state index in [1.807, 2.05) is 6.92 Å². The number of Topliss-reactive ketones (excluding diaryl/α,β-unsaturated/α-hetero) is 1. The molecule has 7 heteroatoms. The minimum absolute atomic E-state index is 0.00360. The number of alkyl halides is 1. The highest BCUT2D eigenvalue weighted by atomic mass is 32.2. The van der Waals surface area contributed by atoms with Gasteiger partial charge in [-0.1, -0.05) is 13.8 Å². The highest BCUT2D eigenvalue weighted by Gasteiger charge is 2.75. The number of thioether (sulfide) groups is 1. The zero-order chi connectivity index (χ0) is 22.3. The van der Waals surface area contributed by atoms with Gasteiger partial charge in [-0.05, 0) is 56.3 Å². The second kappa shape index (κ2) is 6.83. The van der Waals surface area contributed by atoms with Gasteiger partial charge >= 0.3 is 0 Å². The van der Waals surface area contributed by atoms with E-state index in [9.17, 15) is 14.7 Å². The van der Waals surface area contributed by atoms with Gasteiger partial charge in [0.15, 0.2) is 17.2 Å². The number of aliphatic hydroxyl groups is 1. The molecular formula is C24H31FO5S. The van der Waals surface area contributed by atoms with Crippen LogP contribution >= 0.6 is 11.8 Å². The number of allylic oxidation sites excluding steroid dienone is 2. The Morgan fingerprint density at radius 1 is 1.23 bits per heavy atom. The van der Waals surface area contributed by atoms with Gasteiger partial charge in [0.25, 0.3) is 0 Å². The summed E-state index contributed by atoms with van der Waals surface area (Å²) in [6.07, 6.45) is 4.86. The average Bonchev–Trinajstić information content (AvgIpc) is 3.29. The molecule has 1 unspecified atom stereocenters. The topological polar surface area (TPSA) is 72.8 Å². The van der Waals surface area contributed by atoms with Crippen molar-refractivity contribution < 1.29 is 28.6 Å². The van der Waals surface area contributed by atoms with Gasteiger partial charge < -0.3 is 14.6 Å². The number of ether oxygens (including phenoxy) is 2. The zero-order valence-corrected chi connectivity index (χ0v) is 19.4. The highest BCUT2D eigenvalue weighted by molar-refractivity contribution is 7.99. The van der Waals surface area contributed by atoms with Crippen molar-refractivity contribution >= 4 is 23.3 Å². The van der Waals surface area contributed by atoms with Crippen LogP contribution in [0, 0.1) is 22.7 Å². The van der Waals surface area contributed by atoms with E-state index >= 15 is 4.39 Å². The van der Waals surface area contributed by atoms with Gasteiger partial charge in [0.1, 0.15) is 0 Å². The molecular weight excluding hydrogens is 419 g/mol. The van der Waals surface area contributed by atoms with Gasteiger partial charge in [-0.2, -0.15) is 11.8 Å². The quantitative estimate of drug-likeness (QED) is 0.698. The van der Waals surface area contributed by atoms with E-state index in [0.717, 1.165) is 19.3 Å². The summed E-state index contributed by atoms with van der Waals surface area (Å²) >= 11 is 1.77. The van der Waals surface area contributed by atoms with Gasteiger partial charge in [-0.15, -0.1) is 0 Å². The molecule has 1 heterocycles. The molecule has 0 amide bonds. The first-order valence-corrected chi connectivity index (χ1v) is 12.7. The standard InChI is InChI=1S/C24H31FO5S/c1-5-6-19-29-20-16(27)10-14-15(26)9-13-12-7-8-18(31-4)22(12,2)11-17(28)24(13,25)23(14,3)21(20)30-19/h10,12-13,17-19,28H,5-9,11H2,1-4H3/t12-,13-,17-,18-,19?,22-,23+,24-/m0/s1. The Hall–Kier alpha value is -1.34. The molecule has 0 aromatic carbocycles. The molecule has 1 aliphatic heterocycles. The van der Waals surface area contributed by atoms with Crippen molar-refractivity contribution in [2.45, 2.75) is 82.6 Å². The van der Waals surface area contributed by atoms with Gasteiger partial charge in [0, 0.05) is 29.6 Å². The van der Waals surface area contributed by atoms with Gasteiger partial charge in [-0.25, -0.2) is 4.39 Å². The predicted octanol–water partition coefficient (Wildman–Crippen LogP) is 4.10. The number of fused-ring (bicyclic) bond motifs is 6. The van der Waals surface area contributed by atoms with Crippen molar-refractivity contribution in [3.8, 4) is 0 Å². The summed E-state index contributed by atoms with van der Waals surface area (Å²) < 4.78 is 29.3. The van der Waals surface area contributed by atoms with Gasteiger partial charge in [-0.3, -0.25) is 9.59 Å². The first kappa shape index (κ1) is 21.5. The van der Waals surface area contributed by atoms with Crippen LogP contribution in [-0.4, -0.2) is 46.2 Å². The molecule has 1 N–H and O–H groups in total. The lowest BCUT2D eigenvalue weighted by atomic mass is 9.45. The molecule has 0 bridgehead atoms. The number of rotatable bonds is 3. The predicted molar refractivity (Wildman–Crippen MR) is 115 cm³/mol. The van der Waals surface area contributed by atoms with Crippen molar-refractivity contribution in [2.24, 2.45) is 22.7 Å². The van der Waals surface area contributed by atoms with Crippen LogP contribution in [0.3, 0.4) is 0 Å². The van der Waals surface area contributed by atoms with Crippen LogP contribution in [0.1, 0.15) is 59.3 Å². The minimum atomic E-state index is -2.10. The lowest BCUT2D eigenvalue weighted by Crippen LogP contribution is -2.69. The summed E-state index contributed by atoms with van der Waals surface area (Å²) in [5.74, 6) is -1.18. The fourth-order valence-electron chi connectivity index (χ4n) is 7.43. The zero-order valence-electron chi connectivity index (χ0n) is 18.6. The smallest absolute Gasteiger partial charge is 0.241 e. The van der Waals surface area contributed by atoms with Crippen LogP contribution in [-0.2, 0) is 19.1 Å². The largest absolute Gasteiger partial charge is 0.454 e. The molecule has 5 nitrogen and oxygen atoms in total. The maximum absolute atomic E-state index is 17.5. The molecule has 5 aliphatic rings. The van der Waals surface area contributed by atoms with Crippen LogP contribution in [0.15, 0.2) is 23.2 Å². The maximum Gasteiger partial charge on any atom is 0.241 e. The minimum Gasteiger partial charge on any atom is -0.454 e. The number of carbonyl (C=O) groups is 2. The van der Waals surface area contributed by atoms with E-state index in [4.69, 9.17) is 9.47 Å². The summed E-state index contributed by atoms with van der Waals surface area (Å²) in [5.41, 5.74) is -3.73. The lowest BCUT2D eigenvalue weighted by molar-refractivity contribution is -0.201. The lowest BCUT2D eigenvalue weighted by Gasteiger charge is -2.61. The molecule has 0 spiro atoms. The second-order valence-electron chi connectivity index (χ2n) is 10.3. The maximum atomic E-state index is 17.5. The highest BCUT2D eigenvalue weighted by Crippen LogP contribution is 2.70. The van der Waals surface area contributed by atoms with Gasteiger partial charge in [0.2, 0.25) is 17.8 Å². The number of ketones is 2. The van der Waals surface area contributed by atoms with Crippen LogP contribution in [0.4, 0.5) is 4.39 Å². The molecule has 5 rings (SSSR count). The van der Waals surface area contributed by atoms with Crippen LogP contribution in [0.25, 0.3) is 0 Å². The van der Waals surface area contributed by atoms with Crippen molar-refractivity contribution in [1.29, 1.82) is 0 Å². The third-order valence-corrected chi connectivity index (χ3v) is 10.3. The van der Waals surface area contributed by atoms with Crippen molar-refractivity contribution in [3.63, 3.8) is 0 Å². The summed E-state index contributed by atoms with van der Waals surface area (Å²) in [5, 5.41) is 11.7. The van der Waals surface area contributed by atoms with E-state index in [2.05, 4.69) is 13.2 Å². The Kier molecular flexibility index (Phi) is 4.74. The number of halogens is 1. The third-order valence-electron chi connectivity index (χ3n) is 8.94. The fraction of sp³-hybridized carbons (Fsp3) is 0.750. The van der Waals surface area contributed by atoms with Crippen molar-refractivity contribution in [2.75, 3.05) is 6.26 Å². The average molecular weight is 451 g/mol. The van der Waals surface area contributed by atoms with Crippen LogP contribution in [0.5, 0.6) is 0 Å². The van der Waals surface area contributed by atoms with E-state index in [-0.39, 0.29) is 40.6 Å². The summed E-state index contributed by atoms with van der Waals surface area (Å²) in [4.78, 5) is 26.1. The Morgan fingerprint density at radius 3 is 2.65 bits per heavy atom. The number of hydrogen-bond acceptors (Lipinski definition) is 6. The molecule has 31 heavy (non-hydrogen) atoms. The molecule has 0 aromatic rings. The molecule has 0 saturated heterocycles. The molecule has 4 aliphatic carbocycles. The molecule has 8 atom stereocenters. The molecule has 0 aromatic heterocycles. The van der Waals surface area contributed by atoms with E-state index in [1.165, 1.54) is 6.08 Å². The van der Waals surface area contributed by atoms with E-state index < -0.39 is 35.2 Å². The molecule has 3 saturated carbocycles. The van der Waals surface area contributed by atoms with E-state index in [1.54, 1.807) is 18.7 Å². The summed E-state index contributed by atoms with van der Waals surface area (Å²) in [6.45, 7) is 5.76.